The molecule has 4 heteroatoms. The summed E-state index contributed by atoms with van der Waals surface area (Å²) in [6, 6.07) is -0.203. The van der Waals surface area contributed by atoms with Crippen molar-refractivity contribution in [2.75, 3.05) is 0 Å². The van der Waals surface area contributed by atoms with Crippen LogP contribution in [0.1, 0.15) is 46.0 Å². The van der Waals surface area contributed by atoms with Crippen LogP contribution in [-0.4, -0.2) is 23.0 Å². The van der Waals surface area contributed by atoms with Crippen LogP contribution >= 0.6 is 0 Å². The van der Waals surface area contributed by atoms with Crippen LogP contribution in [0, 0.1) is 11.8 Å². The third-order valence-electron chi connectivity index (χ3n) is 3.15. The summed E-state index contributed by atoms with van der Waals surface area (Å²) in [7, 11) is 0. The maximum atomic E-state index is 11.7. The molecule has 0 aliphatic heterocycles. The van der Waals surface area contributed by atoms with Gasteiger partial charge < -0.3 is 10.4 Å². The monoisotopic (exact) mass is 227 g/mol. The van der Waals surface area contributed by atoms with Gasteiger partial charge in [-0.2, -0.15) is 0 Å². The van der Waals surface area contributed by atoms with Crippen molar-refractivity contribution in [2.24, 2.45) is 11.8 Å². The molecule has 92 valence electrons. The Morgan fingerprint density at radius 3 is 2.50 bits per heavy atom. The minimum absolute atomic E-state index is 0.0296. The van der Waals surface area contributed by atoms with E-state index in [0.717, 1.165) is 25.7 Å². The quantitative estimate of drug-likeness (QED) is 0.727. The van der Waals surface area contributed by atoms with E-state index in [9.17, 15) is 9.59 Å². The van der Waals surface area contributed by atoms with E-state index in [1.807, 2.05) is 6.92 Å². The van der Waals surface area contributed by atoms with Crippen molar-refractivity contribution in [1.29, 1.82) is 0 Å². The first-order valence-corrected chi connectivity index (χ1v) is 6.05. The second-order valence-electron chi connectivity index (χ2n) is 4.87. The van der Waals surface area contributed by atoms with Gasteiger partial charge in [0, 0.05) is 12.0 Å². The van der Waals surface area contributed by atoms with Crippen LogP contribution in [0.5, 0.6) is 0 Å². The lowest BCUT2D eigenvalue weighted by atomic mass is 9.75. The molecule has 0 aromatic heterocycles. The first-order chi connectivity index (χ1) is 7.52. The Morgan fingerprint density at radius 1 is 1.44 bits per heavy atom. The molecule has 1 amide bonds. The molecule has 0 radical (unpaired) electrons. The first-order valence-electron chi connectivity index (χ1n) is 6.05. The average molecular weight is 227 g/mol. The van der Waals surface area contributed by atoms with Gasteiger partial charge in [0.1, 0.15) is 0 Å². The normalized spacial score (nSPS) is 25.6. The standard InChI is InChI=1S/C12H21NO3/c1-3-4-10(7-11(14)15)13-12(16)9-5-8(2)6-9/h8-10H,3-7H2,1-2H3,(H,13,16)(H,14,15). The Hall–Kier alpha value is -1.06. The van der Waals surface area contributed by atoms with Crippen LogP contribution in [0.3, 0.4) is 0 Å². The summed E-state index contributed by atoms with van der Waals surface area (Å²) in [4.78, 5) is 22.4. The summed E-state index contributed by atoms with van der Waals surface area (Å²) in [6.45, 7) is 4.12. The van der Waals surface area contributed by atoms with Gasteiger partial charge in [0.25, 0.3) is 0 Å². The number of nitrogens with one attached hydrogen (secondary N) is 1. The Balaban J connectivity index is 2.35. The fourth-order valence-electron chi connectivity index (χ4n) is 2.22. The smallest absolute Gasteiger partial charge is 0.305 e. The van der Waals surface area contributed by atoms with Crippen LogP contribution in [0.15, 0.2) is 0 Å². The minimum Gasteiger partial charge on any atom is -0.481 e. The first kappa shape index (κ1) is 13.0. The third kappa shape index (κ3) is 3.83. The Labute approximate surface area is 96.4 Å². The SMILES string of the molecule is CCCC(CC(=O)O)NC(=O)C1CC(C)C1. The molecule has 4 nitrogen and oxygen atoms in total. The maximum absolute atomic E-state index is 11.7. The number of carboxylic acid groups (broad SMARTS) is 1. The number of hydrogen-bond acceptors (Lipinski definition) is 2. The molecule has 1 unspecified atom stereocenters. The van der Waals surface area contributed by atoms with Gasteiger partial charge in [0.15, 0.2) is 0 Å². The molecule has 0 spiro atoms. The summed E-state index contributed by atoms with van der Waals surface area (Å²) < 4.78 is 0. The summed E-state index contributed by atoms with van der Waals surface area (Å²) in [5, 5.41) is 11.6. The lowest BCUT2D eigenvalue weighted by Gasteiger charge is -2.32. The maximum Gasteiger partial charge on any atom is 0.305 e. The number of rotatable bonds is 6. The van der Waals surface area contributed by atoms with E-state index < -0.39 is 5.97 Å². The van der Waals surface area contributed by atoms with E-state index in [4.69, 9.17) is 5.11 Å². The van der Waals surface area contributed by atoms with Gasteiger partial charge in [-0.15, -0.1) is 0 Å². The van der Waals surface area contributed by atoms with Gasteiger partial charge in [-0.1, -0.05) is 20.3 Å². The van der Waals surface area contributed by atoms with Crippen molar-refractivity contribution in [1.82, 2.24) is 5.32 Å². The van der Waals surface area contributed by atoms with Crippen molar-refractivity contribution in [3.05, 3.63) is 0 Å². The lowest BCUT2D eigenvalue weighted by molar-refractivity contribution is -0.138. The molecular formula is C12H21NO3. The second kappa shape index (κ2) is 5.87. The fourth-order valence-corrected chi connectivity index (χ4v) is 2.22. The summed E-state index contributed by atoms with van der Waals surface area (Å²) >= 11 is 0. The molecular weight excluding hydrogens is 206 g/mol. The summed E-state index contributed by atoms with van der Waals surface area (Å²) in [6.07, 6.45) is 3.54. The zero-order valence-corrected chi connectivity index (χ0v) is 10.0. The molecule has 0 saturated heterocycles. The van der Waals surface area contributed by atoms with Crippen molar-refractivity contribution in [3.63, 3.8) is 0 Å². The Kier molecular flexibility index (Phi) is 4.77. The number of carboxylic acids is 1. The van der Waals surface area contributed by atoms with Crippen LogP contribution < -0.4 is 5.32 Å². The molecule has 1 atom stereocenters. The number of amides is 1. The minimum atomic E-state index is -0.847. The highest BCUT2D eigenvalue weighted by Gasteiger charge is 2.32. The van der Waals surface area contributed by atoms with Gasteiger partial charge >= 0.3 is 5.97 Å². The van der Waals surface area contributed by atoms with Crippen molar-refractivity contribution in [3.8, 4) is 0 Å². The largest absolute Gasteiger partial charge is 0.481 e. The Bertz CT molecular complexity index is 259. The molecule has 1 saturated carbocycles. The predicted octanol–water partition coefficient (Wildman–Crippen LogP) is 1.79. The van der Waals surface area contributed by atoms with Gasteiger partial charge in [0.2, 0.25) is 5.91 Å². The molecule has 2 N–H and O–H groups in total. The fraction of sp³-hybridized carbons (Fsp3) is 0.833. The van der Waals surface area contributed by atoms with Crippen molar-refractivity contribution in [2.45, 2.75) is 52.0 Å². The number of carbonyl (C=O) groups excluding carboxylic acids is 1. The zero-order valence-electron chi connectivity index (χ0n) is 10.0. The zero-order chi connectivity index (χ0) is 12.1. The highest BCUT2D eigenvalue weighted by atomic mass is 16.4. The van der Waals surface area contributed by atoms with Crippen LogP contribution in [-0.2, 0) is 9.59 Å². The van der Waals surface area contributed by atoms with E-state index in [1.54, 1.807) is 0 Å². The van der Waals surface area contributed by atoms with E-state index in [-0.39, 0.29) is 24.3 Å². The molecule has 1 rings (SSSR count). The average Bonchev–Trinajstić information content (AvgIpc) is 2.12. The molecule has 0 bridgehead atoms. The molecule has 1 aliphatic carbocycles. The highest BCUT2D eigenvalue weighted by molar-refractivity contribution is 5.80. The molecule has 0 heterocycles. The molecule has 16 heavy (non-hydrogen) atoms. The summed E-state index contributed by atoms with van der Waals surface area (Å²) in [5.74, 6) is -0.0541. The van der Waals surface area contributed by atoms with Gasteiger partial charge in [-0.25, -0.2) is 0 Å². The lowest BCUT2D eigenvalue weighted by Crippen LogP contribution is -2.43. The van der Waals surface area contributed by atoms with E-state index >= 15 is 0 Å². The molecule has 0 aromatic rings. The number of hydrogen-bond donors (Lipinski definition) is 2. The summed E-state index contributed by atoms with van der Waals surface area (Å²) in [5.41, 5.74) is 0. The van der Waals surface area contributed by atoms with Gasteiger partial charge in [0.05, 0.1) is 6.42 Å². The molecule has 0 aromatic carbocycles. The van der Waals surface area contributed by atoms with Gasteiger partial charge in [-0.05, 0) is 25.2 Å². The van der Waals surface area contributed by atoms with Crippen LogP contribution in [0.2, 0.25) is 0 Å². The van der Waals surface area contributed by atoms with Crippen molar-refractivity contribution >= 4 is 11.9 Å². The van der Waals surface area contributed by atoms with Crippen molar-refractivity contribution < 1.29 is 14.7 Å². The molecule has 1 aliphatic rings. The highest BCUT2D eigenvalue weighted by Crippen LogP contribution is 2.33. The predicted molar refractivity (Wildman–Crippen MR) is 61.0 cm³/mol. The number of carbonyl (C=O) groups is 2. The van der Waals surface area contributed by atoms with Gasteiger partial charge in [-0.3, -0.25) is 9.59 Å². The third-order valence-corrected chi connectivity index (χ3v) is 3.15. The topological polar surface area (TPSA) is 66.4 Å². The second-order valence-corrected chi connectivity index (χ2v) is 4.87. The number of aliphatic carboxylic acids is 1. The van der Waals surface area contributed by atoms with E-state index in [2.05, 4.69) is 12.2 Å². The van der Waals surface area contributed by atoms with Crippen LogP contribution in [0.25, 0.3) is 0 Å². The Morgan fingerprint density at radius 2 is 2.06 bits per heavy atom. The van der Waals surface area contributed by atoms with Crippen LogP contribution in [0.4, 0.5) is 0 Å². The van der Waals surface area contributed by atoms with E-state index in [1.165, 1.54) is 0 Å². The molecule has 1 fully saturated rings. The van der Waals surface area contributed by atoms with E-state index in [0.29, 0.717) is 5.92 Å².